The van der Waals surface area contributed by atoms with Gasteiger partial charge in [-0.3, -0.25) is 10.1 Å². The topological polar surface area (TPSA) is 66.0 Å². The van der Waals surface area contributed by atoms with Crippen LogP contribution in [-0.2, 0) is 23.7 Å². The van der Waals surface area contributed by atoms with Gasteiger partial charge in [-0.2, -0.15) is 0 Å². The number of hydrogen-bond donors (Lipinski definition) is 1. The maximum atomic E-state index is 11.7. The van der Waals surface area contributed by atoms with Crippen molar-refractivity contribution in [3.05, 3.63) is 0 Å². The SMILES string of the molecule is CCOC(=O)C(COCCCOCCOC)NC1CC1. The quantitative estimate of drug-likeness (QED) is 0.398. The van der Waals surface area contributed by atoms with E-state index in [4.69, 9.17) is 18.9 Å². The van der Waals surface area contributed by atoms with E-state index < -0.39 is 0 Å². The van der Waals surface area contributed by atoms with Crippen LogP contribution in [0.4, 0.5) is 0 Å². The third-order valence-corrected chi connectivity index (χ3v) is 2.88. The van der Waals surface area contributed by atoms with Gasteiger partial charge in [-0.25, -0.2) is 0 Å². The Morgan fingerprint density at radius 1 is 1.20 bits per heavy atom. The highest BCUT2D eigenvalue weighted by atomic mass is 16.5. The molecule has 6 heteroatoms. The van der Waals surface area contributed by atoms with Crippen LogP contribution in [0.15, 0.2) is 0 Å². The number of nitrogens with one attached hydrogen (secondary N) is 1. The van der Waals surface area contributed by atoms with Crippen molar-refractivity contribution < 1.29 is 23.7 Å². The van der Waals surface area contributed by atoms with E-state index in [1.807, 2.05) is 6.92 Å². The third kappa shape index (κ3) is 8.47. The average Bonchev–Trinajstić information content (AvgIpc) is 3.24. The fourth-order valence-corrected chi connectivity index (χ4v) is 1.67. The normalized spacial score (nSPS) is 16.1. The molecule has 1 N–H and O–H groups in total. The van der Waals surface area contributed by atoms with Crippen molar-refractivity contribution in [2.75, 3.05) is 46.8 Å². The second-order valence-corrected chi connectivity index (χ2v) is 4.78. The fraction of sp³-hybridized carbons (Fsp3) is 0.929. The van der Waals surface area contributed by atoms with E-state index in [0.717, 1.165) is 19.3 Å². The van der Waals surface area contributed by atoms with Gasteiger partial charge in [0.05, 0.1) is 26.4 Å². The molecule has 0 radical (unpaired) electrons. The van der Waals surface area contributed by atoms with Crippen molar-refractivity contribution in [2.24, 2.45) is 0 Å². The lowest BCUT2D eigenvalue weighted by atomic mass is 10.3. The average molecular weight is 289 g/mol. The first-order valence-corrected chi connectivity index (χ1v) is 7.35. The van der Waals surface area contributed by atoms with E-state index in [9.17, 15) is 4.79 Å². The van der Waals surface area contributed by atoms with Gasteiger partial charge in [0, 0.05) is 26.4 Å². The van der Waals surface area contributed by atoms with Crippen LogP contribution < -0.4 is 5.32 Å². The summed E-state index contributed by atoms with van der Waals surface area (Å²) in [7, 11) is 1.65. The van der Waals surface area contributed by atoms with E-state index in [0.29, 0.717) is 45.7 Å². The molecule has 1 rings (SSSR count). The predicted octanol–water partition coefficient (Wildman–Crippen LogP) is 0.740. The molecule has 0 aromatic rings. The van der Waals surface area contributed by atoms with Crippen LogP contribution in [0.5, 0.6) is 0 Å². The van der Waals surface area contributed by atoms with Gasteiger partial charge in [0.1, 0.15) is 6.04 Å². The molecule has 0 bridgehead atoms. The first-order valence-electron chi connectivity index (χ1n) is 7.35. The Morgan fingerprint density at radius 3 is 2.60 bits per heavy atom. The molecule has 1 saturated carbocycles. The van der Waals surface area contributed by atoms with Crippen LogP contribution in [0.1, 0.15) is 26.2 Å². The first kappa shape index (κ1) is 17.4. The van der Waals surface area contributed by atoms with E-state index in [-0.39, 0.29) is 12.0 Å². The van der Waals surface area contributed by atoms with Crippen LogP contribution in [0, 0.1) is 0 Å². The molecule has 1 unspecified atom stereocenters. The van der Waals surface area contributed by atoms with E-state index >= 15 is 0 Å². The van der Waals surface area contributed by atoms with Gasteiger partial charge < -0.3 is 18.9 Å². The molecule has 0 aromatic heterocycles. The number of carbonyl (C=O) groups is 1. The molecule has 0 heterocycles. The summed E-state index contributed by atoms with van der Waals surface area (Å²) in [4.78, 5) is 11.7. The zero-order valence-electron chi connectivity index (χ0n) is 12.6. The Hall–Kier alpha value is -0.690. The molecule has 1 fully saturated rings. The minimum Gasteiger partial charge on any atom is -0.465 e. The van der Waals surface area contributed by atoms with Crippen LogP contribution >= 0.6 is 0 Å². The standard InChI is InChI=1S/C14H27NO5/c1-3-20-14(16)13(15-12-5-6-12)11-19-8-4-7-18-10-9-17-2/h12-13,15H,3-11H2,1-2H3. The summed E-state index contributed by atoms with van der Waals surface area (Å²) in [6.45, 7) is 4.99. The summed E-state index contributed by atoms with van der Waals surface area (Å²) >= 11 is 0. The molecule has 0 aromatic carbocycles. The van der Waals surface area contributed by atoms with Crippen molar-refractivity contribution >= 4 is 5.97 Å². The molecule has 0 aliphatic heterocycles. The van der Waals surface area contributed by atoms with Crippen molar-refractivity contribution in [2.45, 2.75) is 38.3 Å². The lowest BCUT2D eigenvalue weighted by molar-refractivity contribution is -0.147. The summed E-state index contributed by atoms with van der Waals surface area (Å²) in [5, 5.41) is 3.25. The third-order valence-electron chi connectivity index (χ3n) is 2.88. The van der Waals surface area contributed by atoms with Gasteiger partial charge >= 0.3 is 5.97 Å². The molecule has 1 aliphatic carbocycles. The summed E-state index contributed by atoms with van der Waals surface area (Å²) in [6.07, 6.45) is 3.06. The van der Waals surface area contributed by atoms with Crippen LogP contribution in [0.3, 0.4) is 0 Å². The Balaban J connectivity index is 2.04. The largest absolute Gasteiger partial charge is 0.465 e. The zero-order chi connectivity index (χ0) is 14.6. The minimum absolute atomic E-state index is 0.226. The van der Waals surface area contributed by atoms with Gasteiger partial charge in [-0.1, -0.05) is 0 Å². The number of methoxy groups -OCH3 is 1. The number of carbonyl (C=O) groups excluding carboxylic acids is 1. The van der Waals surface area contributed by atoms with Crippen LogP contribution in [-0.4, -0.2) is 64.8 Å². The van der Waals surface area contributed by atoms with Crippen molar-refractivity contribution in [1.29, 1.82) is 0 Å². The predicted molar refractivity (Wildman–Crippen MR) is 74.7 cm³/mol. The van der Waals surface area contributed by atoms with Gasteiger partial charge in [0.15, 0.2) is 0 Å². The Kier molecular flexibility index (Phi) is 9.57. The number of rotatable bonds is 13. The second kappa shape index (κ2) is 11.0. The van der Waals surface area contributed by atoms with Crippen molar-refractivity contribution in [1.82, 2.24) is 5.32 Å². The molecule has 6 nitrogen and oxygen atoms in total. The van der Waals surface area contributed by atoms with Crippen LogP contribution in [0.2, 0.25) is 0 Å². The molecule has 118 valence electrons. The zero-order valence-corrected chi connectivity index (χ0v) is 12.6. The molecular formula is C14H27NO5. The molecule has 0 saturated heterocycles. The second-order valence-electron chi connectivity index (χ2n) is 4.78. The Labute approximate surface area is 121 Å². The minimum atomic E-state index is -0.350. The highest BCUT2D eigenvalue weighted by Crippen LogP contribution is 2.19. The van der Waals surface area contributed by atoms with Gasteiger partial charge in [-0.05, 0) is 26.2 Å². The van der Waals surface area contributed by atoms with Gasteiger partial charge in [-0.15, -0.1) is 0 Å². The summed E-state index contributed by atoms with van der Waals surface area (Å²) in [5.74, 6) is -0.226. The maximum Gasteiger partial charge on any atom is 0.325 e. The molecule has 0 amide bonds. The smallest absolute Gasteiger partial charge is 0.325 e. The molecule has 0 spiro atoms. The molecule has 1 aliphatic rings. The highest BCUT2D eigenvalue weighted by molar-refractivity contribution is 5.76. The van der Waals surface area contributed by atoms with Crippen LogP contribution in [0.25, 0.3) is 0 Å². The molecular weight excluding hydrogens is 262 g/mol. The van der Waals surface area contributed by atoms with E-state index in [1.54, 1.807) is 7.11 Å². The number of esters is 1. The summed E-state index contributed by atoms with van der Waals surface area (Å²) in [6, 6.07) is 0.0993. The lowest BCUT2D eigenvalue weighted by Gasteiger charge is -2.17. The first-order chi connectivity index (χ1) is 9.77. The lowest BCUT2D eigenvalue weighted by Crippen LogP contribution is -2.43. The number of hydrogen-bond acceptors (Lipinski definition) is 6. The van der Waals surface area contributed by atoms with E-state index in [2.05, 4.69) is 5.32 Å². The number of ether oxygens (including phenoxy) is 4. The summed E-state index contributed by atoms with van der Waals surface area (Å²) < 4.78 is 20.8. The highest BCUT2D eigenvalue weighted by Gasteiger charge is 2.29. The maximum absolute atomic E-state index is 11.7. The van der Waals surface area contributed by atoms with Crippen molar-refractivity contribution in [3.8, 4) is 0 Å². The molecule has 20 heavy (non-hydrogen) atoms. The van der Waals surface area contributed by atoms with Crippen molar-refractivity contribution in [3.63, 3.8) is 0 Å². The fourth-order valence-electron chi connectivity index (χ4n) is 1.67. The van der Waals surface area contributed by atoms with E-state index in [1.165, 1.54) is 0 Å². The summed E-state index contributed by atoms with van der Waals surface area (Å²) in [5.41, 5.74) is 0. The molecule has 1 atom stereocenters. The van der Waals surface area contributed by atoms with Gasteiger partial charge in [0.2, 0.25) is 0 Å². The Bertz CT molecular complexity index is 258. The Morgan fingerprint density at radius 2 is 1.95 bits per heavy atom. The monoisotopic (exact) mass is 289 g/mol. The van der Waals surface area contributed by atoms with Gasteiger partial charge in [0.25, 0.3) is 0 Å².